The number of amides is 1. The van der Waals surface area contributed by atoms with Crippen molar-refractivity contribution in [3.63, 3.8) is 0 Å². The minimum Gasteiger partial charge on any atom is -0.353 e. The summed E-state index contributed by atoms with van der Waals surface area (Å²) >= 11 is 1.58. The highest BCUT2D eigenvalue weighted by Crippen LogP contribution is 2.08. The first-order valence-corrected chi connectivity index (χ1v) is 5.70. The quantitative estimate of drug-likeness (QED) is 0.828. The first kappa shape index (κ1) is 11.2. The Morgan fingerprint density at radius 1 is 1.71 bits per heavy atom. The Labute approximate surface area is 88.6 Å². The van der Waals surface area contributed by atoms with Crippen LogP contribution in [0.3, 0.4) is 0 Å². The zero-order valence-electron chi connectivity index (χ0n) is 8.83. The van der Waals surface area contributed by atoms with Gasteiger partial charge in [0.25, 0.3) is 0 Å². The van der Waals surface area contributed by atoms with Gasteiger partial charge in [-0.05, 0) is 20.3 Å². The maximum atomic E-state index is 11.4. The van der Waals surface area contributed by atoms with E-state index in [1.54, 1.807) is 11.3 Å². The fourth-order valence-electron chi connectivity index (χ4n) is 1.08. The molecule has 0 radical (unpaired) electrons. The van der Waals surface area contributed by atoms with E-state index in [1.807, 2.05) is 19.2 Å². The Morgan fingerprint density at radius 2 is 2.43 bits per heavy atom. The number of hydrogen-bond donors (Lipinski definition) is 1. The van der Waals surface area contributed by atoms with Gasteiger partial charge in [0, 0.05) is 11.4 Å². The average Bonchev–Trinajstić information content (AvgIpc) is 2.50. The van der Waals surface area contributed by atoms with Crippen LogP contribution < -0.4 is 5.32 Å². The second-order valence-electron chi connectivity index (χ2n) is 3.41. The summed E-state index contributed by atoms with van der Waals surface area (Å²) in [7, 11) is 0. The molecule has 0 spiro atoms. The number of hydrogen-bond acceptors (Lipinski definition) is 3. The van der Waals surface area contributed by atoms with Crippen molar-refractivity contribution in [2.24, 2.45) is 0 Å². The van der Waals surface area contributed by atoms with Crippen LogP contribution in [-0.2, 0) is 11.2 Å². The molecular formula is C10H16N2OS. The van der Waals surface area contributed by atoms with Crippen molar-refractivity contribution in [3.8, 4) is 0 Å². The minimum absolute atomic E-state index is 0.0599. The number of nitrogens with zero attached hydrogens (tertiary/aromatic N) is 1. The van der Waals surface area contributed by atoms with E-state index in [0.717, 1.165) is 17.1 Å². The zero-order valence-corrected chi connectivity index (χ0v) is 9.65. The molecule has 0 aliphatic heterocycles. The van der Waals surface area contributed by atoms with Gasteiger partial charge in [-0.15, -0.1) is 11.3 Å². The molecule has 78 valence electrons. The normalized spacial score (nSPS) is 12.5. The average molecular weight is 212 g/mol. The van der Waals surface area contributed by atoms with E-state index in [2.05, 4.69) is 17.2 Å². The lowest BCUT2D eigenvalue weighted by Crippen LogP contribution is -2.33. The Hall–Kier alpha value is -0.900. The summed E-state index contributed by atoms with van der Waals surface area (Å²) in [4.78, 5) is 15.7. The summed E-state index contributed by atoms with van der Waals surface area (Å²) in [5, 5.41) is 5.86. The van der Waals surface area contributed by atoms with Gasteiger partial charge >= 0.3 is 0 Å². The maximum Gasteiger partial charge on any atom is 0.226 e. The van der Waals surface area contributed by atoms with E-state index in [-0.39, 0.29) is 11.9 Å². The van der Waals surface area contributed by atoms with Gasteiger partial charge in [0.1, 0.15) is 0 Å². The summed E-state index contributed by atoms with van der Waals surface area (Å²) < 4.78 is 0. The minimum atomic E-state index is 0.0599. The summed E-state index contributed by atoms with van der Waals surface area (Å²) in [5.74, 6) is 0.0599. The largest absolute Gasteiger partial charge is 0.353 e. The van der Waals surface area contributed by atoms with Crippen LogP contribution in [0.2, 0.25) is 0 Å². The van der Waals surface area contributed by atoms with Crippen molar-refractivity contribution < 1.29 is 4.79 Å². The van der Waals surface area contributed by atoms with Crippen LogP contribution >= 0.6 is 11.3 Å². The Bertz CT molecular complexity index is 309. The SMILES string of the molecule is CCC(C)NC(=O)Cc1csc(C)n1. The van der Waals surface area contributed by atoms with Crippen LogP contribution in [0.15, 0.2) is 5.38 Å². The molecular weight excluding hydrogens is 196 g/mol. The number of thiazole rings is 1. The van der Waals surface area contributed by atoms with E-state index in [0.29, 0.717) is 6.42 Å². The molecule has 1 N–H and O–H groups in total. The highest BCUT2D eigenvalue weighted by molar-refractivity contribution is 7.09. The lowest BCUT2D eigenvalue weighted by Gasteiger charge is -2.09. The van der Waals surface area contributed by atoms with Gasteiger partial charge < -0.3 is 5.32 Å². The van der Waals surface area contributed by atoms with Crippen molar-refractivity contribution in [1.29, 1.82) is 0 Å². The highest BCUT2D eigenvalue weighted by atomic mass is 32.1. The summed E-state index contributed by atoms with van der Waals surface area (Å²) in [6.07, 6.45) is 1.36. The third-order valence-electron chi connectivity index (χ3n) is 2.03. The number of rotatable bonds is 4. The van der Waals surface area contributed by atoms with Crippen molar-refractivity contribution >= 4 is 17.2 Å². The van der Waals surface area contributed by atoms with Gasteiger partial charge in [-0.1, -0.05) is 6.92 Å². The van der Waals surface area contributed by atoms with Crippen LogP contribution in [0, 0.1) is 6.92 Å². The van der Waals surface area contributed by atoms with Crippen LogP contribution in [0.25, 0.3) is 0 Å². The standard InChI is InChI=1S/C10H16N2OS/c1-4-7(2)11-10(13)5-9-6-14-8(3)12-9/h6-7H,4-5H2,1-3H3,(H,11,13). The monoisotopic (exact) mass is 212 g/mol. The smallest absolute Gasteiger partial charge is 0.226 e. The number of carbonyl (C=O) groups excluding carboxylic acids is 1. The molecule has 1 amide bonds. The maximum absolute atomic E-state index is 11.4. The van der Waals surface area contributed by atoms with Gasteiger partial charge in [0.15, 0.2) is 0 Å². The third-order valence-corrected chi connectivity index (χ3v) is 2.85. The molecule has 0 bridgehead atoms. The molecule has 1 aromatic heterocycles. The first-order chi connectivity index (χ1) is 6.61. The van der Waals surface area contributed by atoms with Gasteiger partial charge in [-0.3, -0.25) is 4.79 Å². The van der Waals surface area contributed by atoms with Crippen molar-refractivity contribution in [2.45, 2.75) is 39.7 Å². The topological polar surface area (TPSA) is 42.0 Å². The lowest BCUT2D eigenvalue weighted by atomic mass is 10.2. The van der Waals surface area contributed by atoms with Gasteiger partial charge in [-0.25, -0.2) is 4.98 Å². The van der Waals surface area contributed by atoms with Gasteiger partial charge in [0.2, 0.25) is 5.91 Å². The summed E-state index contributed by atoms with van der Waals surface area (Å²) in [6.45, 7) is 6.00. The van der Waals surface area contributed by atoms with E-state index in [9.17, 15) is 4.79 Å². The number of aryl methyl sites for hydroxylation is 1. The second-order valence-corrected chi connectivity index (χ2v) is 4.47. The van der Waals surface area contributed by atoms with E-state index in [4.69, 9.17) is 0 Å². The van der Waals surface area contributed by atoms with E-state index < -0.39 is 0 Å². The van der Waals surface area contributed by atoms with Crippen molar-refractivity contribution in [3.05, 3.63) is 16.1 Å². The van der Waals surface area contributed by atoms with Crippen molar-refractivity contribution in [2.75, 3.05) is 0 Å². The second kappa shape index (κ2) is 5.10. The van der Waals surface area contributed by atoms with Gasteiger partial charge in [-0.2, -0.15) is 0 Å². The molecule has 1 heterocycles. The van der Waals surface area contributed by atoms with Crippen LogP contribution in [0.4, 0.5) is 0 Å². The molecule has 1 atom stereocenters. The Balaban J connectivity index is 2.41. The molecule has 4 heteroatoms. The molecule has 0 fully saturated rings. The molecule has 1 unspecified atom stereocenters. The molecule has 0 aliphatic carbocycles. The lowest BCUT2D eigenvalue weighted by molar-refractivity contribution is -0.121. The van der Waals surface area contributed by atoms with Crippen LogP contribution in [0.1, 0.15) is 31.0 Å². The molecule has 0 saturated heterocycles. The van der Waals surface area contributed by atoms with Crippen LogP contribution in [0.5, 0.6) is 0 Å². The molecule has 3 nitrogen and oxygen atoms in total. The Kier molecular flexibility index (Phi) is 4.07. The fraction of sp³-hybridized carbons (Fsp3) is 0.600. The zero-order chi connectivity index (χ0) is 10.6. The predicted octanol–water partition coefficient (Wildman–Crippen LogP) is 1.91. The predicted molar refractivity (Wildman–Crippen MR) is 58.5 cm³/mol. The fourth-order valence-corrected chi connectivity index (χ4v) is 1.69. The highest BCUT2D eigenvalue weighted by Gasteiger charge is 2.08. The molecule has 0 saturated carbocycles. The molecule has 1 aromatic rings. The third kappa shape index (κ3) is 3.46. The van der Waals surface area contributed by atoms with Crippen molar-refractivity contribution in [1.82, 2.24) is 10.3 Å². The Morgan fingerprint density at radius 3 is 2.93 bits per heavy atom. The van der Waals surface area contributed by atoms with Crippen LogP contribution in [-0.4, -0.2) is 16.9 Å². The summed E-state index contributed by atoms with van der Waals surface area (Å²) in [5.41, 5.74) is 0.869. The number of aromatic nitrogens is 1. The number of carbonyl (C=O) groups is 1. The van der Waals surface area contributed by atoms with E-state index in [1.165, 1.54) is 0 Å². The molecule has 14 heavy (non-hydrogen) atoms. The van der Waals surface area contributed by atoms with E-state index >= 15 is 0 Å². The van der Waals surface area contributed by atoms with Gasteiger partial charge in [0.05, 0.1) is 17.1 Å². The molecule has 1 rings (SSSR count). The molecule has 0 aliphatic rings. The molecule has 0 aromatic carbocycles. The summed E-state index contributed by atoms with van der Waals surface area (Å²) in [6, 6.07) is 0.252. The first-order valence-electron chi connectivity index (χ1n) is 4.82. The number of nitrogens with one attached hydrogen (secondary N) is 1.